The number of benzene rings is 1. The number of hydrogen-bond acceptors (Lipinski definition) is 4. The molecule has 1 aromatic rings. The second-order valence-corrected chi connectivity index (χ2v) is 5.67. The van der Waals surface area contributed by atoms with Gasteiger partial charge in [0.15, 0.2) is 0 Å². The number of anilines is 1. The quantitative estimate of drug-likeness (QED) is 0.905. The number of rotatable bonds is 3. The fraction of sp³-hybridized carbons (Fsp3) is 0.500. The lowest BCUT2D eigenvalue weighted by Gasteiger charge is -2.23. The molecule has 1 heterocycles. The molecule has 1 saturated heterocycles. The molecule has 1 aliphatic rings. The van der Waals surface area contributed by atoms with Gasteiger partial charge in [-0.3, -0.25) is 0 Å². The maximum Gasteiger partial charge on any atom is 0.101 e. The molecule has 0 spiro atoms. The van der Waals surface area contributed by atoms with Gasteiger partial charge in [0.25, 0.3) is 0 Å². The second-order valence-electron chi connectivity index (χ2n) is 4.45. The summed E-state index contributed by atoms with van der Waals surface area (Å²) in [5.74, 6) is 2.39. The summed E-state index contributed by atoms with van der Waals surface area (Å²) in [6, 6.07) is 8.55. The van der Waals surface area contributed by atoms with E-state index in [1.165, 1.54) is 17.7 Å². The maximum absolute atomic E-state index is 9.31. The molecule has 96 valence electrons. The highest BCUT2D eigenvalue weighted by Crippen LogP contribution is 2.24. The zero-order chi connectivity index (χ0) is 12.8. The molecular formula is C14H19N3S. The molecule has 4 heteroatoms. The second kappa shape index (κ2) is 6.67. The van der Waals surface area contributed by atoms with Crippen molar-refractivity contribution in [2.75, 3.05) is 36.5 Å². The van der Waals surface area contributed by atoms with Gasteiger partial charge in [-0.05, 0) is 36.9 Å². The fourth-order valence-corrected chi connectivity index (χ4v) is 3.14. The number of hydrogen-bond donors (Lipinski definition) is 1. The third kappa shape index (κ3) is 3.18. The van der Waals surface area contributed by atoms with E-state index in [1.54, 1.807) is 0 Å². The van der Waals surface area contributed by atoms with Gasteiger partial charge in [-0.15, -0.1) is 0 Å². The summed E-state index contributed by atoms with van der Waals surface area (Å²) in [5, 5.41) is 12.4. The molecule has 18 heavy (non-hydrogen) atoms. The SMILES string of the molecule is CNCc1ccc(N2CCCSCC2)c(C#N)c1. The average Bonchev–Trinajstić information content (AvgIpc) is 2.68. The Bertz CT molecular complexity index is 431. The number of nitriles is 1. The van der Waals surface area contributed by atoms with Gasteiger partial charge >= 0.3 is 0 Å². The van der Waals surface area contributed by atoms with Crippen LogP contribution in [0.5, 0.6) is 0 Å². The van der Waals surface area contributed by atoms with Crippen LogP contribution in [0.4, 0.5) is 5.69 Å². The first kappa shape index (κ1) is 13.3. The number of nitrogens with one attached hydrogen (secondary N) is 1. The van der Waals surface area contributed by atoms with Gasteiger partial charge in [0.05, 0.1) is 11.3 Å². The summed E-state index contributed by atoms with van der Waals surface area (Å²) in [7, 11) is 1.92. The Balaban J connectivity index is 2.23. The van der Waals surface area contributed by atoms with Gasteiger partial charge < -0.3 is 10.2 Å². The molecule has 0 atom stereocenters. The van der Waals surface area contributed by atoms with E-state index in [0.717, 1.165) is 36.6 Å². The van der Waals surface area contributed by atoms with E-state index in [2.05, 4.69) is 28.4 Å². The van der Waals surface area contributed by atoms with Crippen LogP contribution in [0.1, 0.15) is 17.5 Å². The van der Waals surface area contributed by atoms with Crippen LogP contribution in [0.3, 0.4) is 0 Å². The van der Waals surface area contributed by atoms with Gasteiger partial charge in [-0.25, -0.2) is 0 Å². The topological polar surface area (TPSA) is 39.1 Å². The molecule has 1 aliphatic heterocycles. The summed E-state index contributed by atoms with van der Waals surface area (Å²) in [6.45, 7) is 2.92. The predicted molar refractivity (Wildman–Crippen MR) is 78.1 cm³/mol. The Labute approximate surface area is 113 Å². The first-order chi connectivity index (χ1) is 8.85. The van der Waals surface area contributed by atoms with Crippen LogP contribution in [0.15, 0.2) is 18.2 Å². The molecule has 0 saturated carbocycles. The highest BCUT2D eigenvalue weighted by Gasteiger charge is 2.13. The van der Waals surface area contributed by atoms with E-state index in [1.807, 2.05) is 24.9 Å². The smallest absolute Gasteiger partial charge is 0.101 e. The Hall–Kier alpha value is -1.18. The summed E-state index contributed by atoms with van der Waals surface area (Å²) < 4.78 is 0. The van der Waals surface area contributed by atoms with Crippen LogP contribution < -0.4 is 10.2 Å². The van der Waals surface area contributed by atoms with Gasteiger partial charge in [-0.2, -0.15) is 17.0 Å². The molecule has 2 rings (SSSR count). The number of nitrogens with zero attached hydrogens (tertiary/aromatic N) is 2. The fourth-order valence-electron chi connectivity index (χ4n) is 2.25. The van der Waals surface area contributed by atoms with Gasteiger partial charge in [-0.1, -0.05) is 6.07 Å². The van der Waals surface area contributed by atoms with Crippen LogP contribution in [-0.4, -0.2) is 31.6 Å². The molecule has 0 bridgehead atoms. The third-order valence-electron chi connectivity index (χ3n) is 3.13. The predicted octanol–water partition coefficient (Wildman–Crippen LogP) is 2.22. The minimum absolute atomic E-state index is 0.801. The Kier molecular flexibility index (Phi) is 4.91. The molecule has 3 nitrogen and oxygen atoms in total. The highest BCUT2D eigenvalue weighted by molar-refractivity contribution is 7.99. The van der Waals surface area contributed by atoms with Crippen molar-refractivity contribution in [3.05, 3.63) is 29.3 Å². The van der Waals surface area contributed by atoms with Crippen LogP contribution in [0, 0.1) is 11.3 Å². The number of thioether (sulfide) groups is 1. The molecule has 0 aliphatic carbocycles. The van der Waals surface area contributed by atoms with E-state index in [4.69, 9.17) is 0 Å². The maximum atomic E-state index is 9.31. The lowest BCUT2D eigenvalue weighted by molar-refractivity contribution is 0.805. The van der Waals surface area contributed by atoms with Crippen LogP contribution in [0.25, 0.3) is 0 Å². The first-order valence-corrected chi connectivity index (χ1v) is 7.51. The van der Waals surface area contributed by atoms with E-state index in [0.29, 0.717) is 0 Å². The lowest BCUT2D eigenvalue weighted by Crippen LogP contribution is -2.26. The zero-order valence-corrected chi connectivity index (χ0v) is 11.6. The van der Waals surface area contributed by atoms with Gasteiger partial charge in [0.2, 0.25) is 0 Å². The molecule has 0 radical (unpaired) electrons. The minimum atomic E-state index is 0.801. The summed E-state index contributed by atoms with van der Waals surface area (Å²) in [5.41, 5.74) is 3.07. The van der Waals surface area contributed by atoms with E-state index in [9.17, 15) is 5.26 Å². The van der Waals surface area contributed by atoms with Crippen molar-refractivity contribution in [2.24, 2.45) is 0 Å². The summed E-state index contributed by atoms with van der Waals surface area (Å²) >= 11 is 2.00. The van der Waals surface area contributed by atoms with Crippen molar-refractivity contribution < 1.29 is 0 Å². The molecule has 1 aromatic carbocycles. The zero-order valence-electron chi connectivity index (χ0n) is 10.8. The van der Waals surface area contributed by atoms with Gasteiger partial charge in [0.1, 0.15) is 6.07 Å². The van der Waals surface area contributed by atoms with Crippen molar-refractivity contribution in [1.82, 2.24) is 5.32 Å². The lowest BCUT2D eigenvalue weighted by atomic mass is 10.1. The Morgan fingerprint density at radius 2 is 2.28 bits per heavy atom. The van der Waals surface area contributed by atoms with Crippen molar-refractivity contribution in [2.45, 2.75) is 13.0 Å². The molecular weight excluding hydrogens is 242 g/mol. The van der Waals surface area contributed by atoms with Crippen LogP contribution in [-0.2, 0) is 6.54 Å². The third-order valence-corrected chi connectivity index (χ3v) is 4.17. The Morgan fingerprint density at radius 1 is 1.39 bits per heavy atom. The normalized spacial score (nSPS) is 16.1. The average molecular weight is 261 g/mol. The molecule has 0 amide bonds. The minimum Gasteiger partial charge on any atom is -0.370 e. The van der Waals surface area contributed by atoms with E-state index >= 15 is 0 Å². The molecule has 0 unspecified atom stereocenters. The van der Waals surface area contributed by atoms with E-state index < -0.39 is 0 Å². The monoisotopic (exact) mass is 261 g/mol. The molecule has 0 aromatic heterocycles. The Morgan fingerprint density at radius 3 is 3.06 bits per heavy atom. The first-order valence-electron chi connectivity index (χ1n) is 6.35. The van der Waals surface area contributed by atoms with Crippen molar-refractivity contribution in [3.63, 3.8) is 0 Å². The summed E-state index contributed by atoms with van der Waals surface area (Å²) in [6.07, 6.45) is 1.20. The standard InChI is InChI=1S/C14H19N3S/c1-16-11-12-3-4-14(13(9-12)10-15)17-5-2-7-18-8-6-17/h3-4,9,16H,2,5-8,11H2,1H3. The largest absolute Gasteiger partial charge is 0.370 e. The molecule has 1 N–H and O–H groups in total. The van der Waals surface area contributed by atoms with Crippen LogP contribution >= 0.6 is 11.8 Å². The highest BCUT2D eigenvalue weighted by atomic mass is 32.2. The van der Waals surface area contributed by atoms with Crippen molar-refractivity contribution >= 4 is 17.4 Å². The van der Waals surface area contributed by atoms with E-state index in [-0.39, 0.29) is 0 Å². The van der Waals surface area contributed by atoms with Crippen molar-refractivity contribution in [1.29, 1.82) is 5.26 Å². The van der Waals surface area contributed by atoms with Crippen molar-refractivity contribution in [3.8, 4) is 6.07 Å². The van der Waals surface area contributed by atoms with Gasteiger partial charge in [0, 0.05) is 25.4 Å². The summed E-state index contributed by atoms with van der Waals surface area (Å²) in [4.78, 5) is 2.35. The molecule has 1 fully saturated rings. The van der Waals surface area contributed by atoms with Crippen LogP contribution in [0.2, 0.25) is 0 Å².